The van der Waals surface area contributed by atoms with Crippen molar-refractivity contribution < 1.29 is 0 Å². The minimum absolute atomic E-state index is 0.0370. The molecular formula is C12H16ClN. The van der Waals surface area contributed by atoms with Crippen LogP contribution in [0.3, 0.4) is 0 Å². The molecule has 0 fully saturated rings. The van der Waals surface area contributed by atoms with Crippen LogP contribution < -0.4 is 5.73 Å². The zero-order valence-corrected chi connectivity index (χ0v) is 9.22. The molecule has 1 aromatic rings. The van der Waals surface area contributed by atoms with E-state index in [2.05, 4.69) is 19.6 Å². The van der Waals surface area contributed by atoms with Crippen LogP contribution in [0.2, 0.25) is 5.02 Å². The molecule has 0 bridgehead atoms. The molecule has 2 heteroatoms. The highest BCUT2D eigenvalue weighted by molar-refractivity contribution is 6.30. The molecule has 0 heterocycles. The molecule has 0 saturated heterocycles. The zero-order valence-electron chi connectivity index (χ0n) is 8.46. The van der Waals surface area contributed by atoms with Crippen LogP contribution in [0.1, 0.15) is 12.5 Å². The van der Waals surface area contributed by atoms with Crippen molar-refractivity contribution in [1.82, 2.24) is 0 Å². The van der Waals surface area contributed by atoms with Crippen molar-refractivity contribution in [3.05, 3.63) is 47.5 Å². The lowest BCUT2D eigenvalue weighted by Crippen LogP contribution is -2.27. The van der Waals surface area contributed by atoms with Crippen LogP contribution in [0.5, 0.6) is 0 Å². The normalized spacial score (nSPS) is 14.8. The Kier molecular flexibility index (Phi) is 3.73. The molecule has 0 aliphatic carbocycles. The number of nitrogens with two attached hydrogens (primary N) is 1. The third kappa shape index (κ3) is 2.86. The van der Waals surface area contributed by atoms with Gasteiger partial charge in [0.05, 0.1) is 0 Å². The van der Waals surface area contributed by atoms with E-state index in [0.29, 0.717) is 6.54 Å². The molecule has 2 N–H and O–H groups in total. The SMILES string of the molecule is C=CC(C)(CN)Cc1cccc(Cl)c1. The van der Waals surface area contributed by atoms with Gasteiger partial charge < -0.3 is 5.73 Å². The largest absolute Gasteiger partial charge is 0.330 e. The van der Waals surface area contributed by atoms with Gasteiger partial charge in [-0.1, -0.05) is 36.7 Å². The minimum Gasteiger partial charge on any atom is -0.330 e. The highest BCUT2D eigenvalue weighted by atomic mass is 35.5. The number of rotatable bonds is 4. The van der Waals surface area contributed by atoms with Gasteiger partial charge in [0.25, 0.3) is 0 Å². The van der Waals surface area contributed by atoms with Crippen molar-refractivity contribution >= 4 is 11.6 Å². The Labute approximate surface area is 90.6 Å². The fourth-order valence-electron chi connectivity index (χ4n) is 1.34. The van der Waals surface area contributed by atoms with Gasteiger partial charge in [0.2, 0.25) is 0 Å². The van der Waals surface area contributed by atoms with Crippen LogP contribution in [-0.2, 0) is 6.42 Å². The molecule has 1 rings (SSSR count). The highest BCUT2D eigenvalue weighted by Gasteiger charge is 2.18. The highest BCUT2D eigenvalue weighted by Crippen LogP contribution is 2.23. The van der Waals surface area contributed by atoms with E-state index in [1.54, 1.807) is 0 Å². The zero-order chi connectivity index (χ0) is 10.6. The Bertz CT molecular complexity index is 322. The van der Waals surface area contributed by atoms with E-state index in [0.717, 1.165) is 11.4 Å². The van der Waals surface area contributed by atoms with Gasteiger partial charge in [-0.2, -0.15) is 0 Å². The monoisotopic (exact) mass is 209 g/mol. The Hall–Kier alpha value is -0.790. The number of halogens is 1. The van der Waals surface area contributed by atoms with E-state index < -0.39 is 0 Å². The molecule has 0 aromatic heterocycles. The van der Waals surface area contributed by atoms with E-state index in [1.165, 1.54) is 5.56 Å². The Morgan fingerprint density at radius 2 is 2.29 bits per heavy atom. The molecule has 76 valence electrons. The third-order valence-corrected chi connectivity index (χ3v) is 2.69. The summed E-state index contributed by atoms with van der Waals surface area (Å²) in [5.74, 6) is 0. The molecule has 0 spiro atoms. The van der Waals surface area contributed by atoms with Crippen LogP contribution in [0.25, 0.3) is 0 Å². The Morgan fingerprint density at radius 3 is 2.79 bits per heavy atom. The lowest BCUT2D eigenvalue weighted by atomic mass is 9.84. The molecule has 0 radical (unpaired) electrons. The summed E-state index contributed by atoms with van der Waals surface area (Å²) in [7, 11) is 0. The molecule has 1 nitrogen and oxygen atoms in total. The predicted octanol–water partition coefficient (Wildman–Crippen LogP) is 3.03. The maximum Gasteiger partial charge on any atom is 0.0408 e. The van der Waals surface area contributed by atoms with Crippen LogP contribution in [0.4, 0.5) is 0 Å². The van der Waals surface area contributed by atoms with Gasteiger partial charge >= 0.3 is 0 Å². The van der Waals surface area contributed by atoms with Crippen molar-refractivity contribution in [2.24, 2.45) is 11.1 Å². The van der Waals surface area contributed by atoms with Gasteiger partial charge in [-0.15, -0.1) is 6.58 Å². The van der Waals surface area contributed by atoms with Crippen LogP contribution in [0, 0.1) is 5.41 Å². The van der Waals surface area contributed by atoms with Crippen molar-refractivity contribution in [3.8, 4) is 0 Å². The molecule has 1 aromatic carbocycles. The first kappa shape index (κ1) is 11.3. The quantitative estimate of drug-likeness (QED) is 0.758. The maximum atomic E-state index is 5.90. The summed E-state index contributed by atoms with van der Waals surface area (Å²) in [5.41, 5.74) is 6.86. The van der Waals surface area contributed by atoms with Crippen LogP contribution in [-0.4, -0.2) is 6.54 Å². The fourth-order valence-corrected chi connectivity index (χ4v) is 1.55. The van der Waals surface area contributed by atoms with Gasteiger partial charge in [-0.3, -0.25) is 0 Å². The molecular weight excluding hydrogens is 194 g/mol. The van der Waals surface area contributed by atoms with E-state index in [1.807, 2.05) is 24.3 Å². The second kappa shape index (κ2) is 4.63. The fraction of sp³-hybridized carbons (Fsp3) is 0.333. The third-order valence-electron chi connectivity index (χ3n) is 2.46. The predicted molar refractivity (Wildman–Crippen MR) is 62.5 cm³/mol. The lowest BCUT2D eigenvalue weighted by Gasteiger charge is -2.23. The van der Waals surface area contributed by atoms with Gasteiger partial charge in [-0.05, 0) is 24.1 Å². The summed E-state index contributed by atoms with van der Waals surface area (Å²) in [4.78, 5) is 0. The van der Waals surface area contributed by atoms with Gasteiger partial charge in [0.1, 0.15) is 0 Å². The Balaban J connectivity index is 2.82. The number of benzene rings is 1. The van der Waals surface area contributed by atoms with Crippen LogP contribution >= 0.6 is 11.6 Å². The molecule has 0 amide bonds. The maximum absolute atomic E-state index is 5.90. The van der Waals surface area contributed by atoms with Crippen molar-refractivity contribution in [2.45, 2.75) is 13.3 Å². The van der Waals surface area contributed by atoms with Gasteiger partial charge in [-0.25, -0.2) is 0 Å². The Morgan fingerprint density at radius 1 is 1.57 bits per heavy atom. The molecule has 0 saturated carbocycles. The molecule has 0 aliphatic rings. The molecule has 1 atom stereocenters. The van der Waals surface area contributed by atoms with Crippen molar-refractivity contribution in [1.29, 1.82) is 0 Å². The lowest BCUT2D eigenvalue weighted by molar-refractivity contribution is 0.439. The summed E-state index contributed by atoms with van der Waals surface area (Å²) < 4.78 is 0. The summed E-state index contributed by atoms with van der Waals surface area (Å²) in [6, 6.07) is 7.86. The van der Waals surface area contributed by atoms with Crippen molar-refractivity contribution in [2.75, 3.05) is 6.54 Å². The molecule has 14 heavy (non-hydrogen) atoms. The van der Waals surface area contributed by atoms with Crippen molar-refractivity contribution in [3.63, 3.8) is 0 Å². The second-order valence-corrected chi connectivity index (χ2v) is 4.31. The standard InChI is InChI=1S/C12H16ClN/c1-3-12(2,9-14)8-10-5-4-6-11(13)7-10/h3-7H,1,8-9,14H2,2H3. The van der Waals surface area contributed by atoms with E-state index in [-0.39, 0.29) is 5.41 Å². The minimum atomic E-state index is -0.0370. The first-order valence-corrected chi connectivity index (χ1v) is 5.05. The second-order valence-electron chi connectivity index (χ2n) is 3.87. The van der Waals surface area contributed by atoms with Gasteiger partial charge in [0.15, 0.2) is 0 Å². The number of hydrogen-bond donors (Lipinski definition) is 1. The first-order valence-electron chi connectivity index (χ1n) is 4.68. The summed E-state index contributed by atoms with van der Waals surface area (Å²) in [6.45, 7) is 6.51. The number of hydrogen-bond acceptors (Lipinski definition) is 1. The van der Waals surface area contributed by atoms with Crippen LogP contribution in [0.15, 0.2) is 36.9 Å². The summed E-state index contributed by atoms with van der Waals surface area (Å²) in [6.07, 6.45) is 2.79. The van der Waals surface area contributed by atoms with E-state index in [4.69, 9.17) is 17.3 Å². The first-order chi connectivity index (χ1) is 6.59. The average molecular weight is 210 g/mol. The van der Waals surface area contributed by atoms with Gasteiger partial charge in [0, 0.05) is 17.0 Å². The summed E-state index contributed by atoms with van der Waals surface area (Å²) >= 11 is 5.90. The van der Waals surface area contributed by atoms with E-state index >= 15 is 0 Å². The molecule has 1 unspecified atom stereocenters. The average Bonchev–Trinajstić information content (AvgIpc) is 2.18. The smallest absolute Gasteiger partial charge is 0.0408 e. The molecule has 0 aliphatic heterocycles. The van der Waals surface area contributed by atoms with E-state index in [9.17, 15) is 0 Å². The summed E-state index contributed by atoms with van der Waals surface area (Å²) in [5, 5.41) is 0.769. The topological polar surface area (TPSA) is 26.0 Å².